The lowest BCUT2D eigenvalue weighted by Gasteiger charge is -2.26. The predicted molar refractivity (Wildman–Crippen MR) is 127 cm³/mol. The molecule has 0 spiro atoms. The molecule has 33 heavy (non-hydrogen) atoms. The highest BCUT2D eigenvalue weighted by Gasteiger charge is 2.29. The van der Waals surface area contributed by atoms with E-state index >= 15 is 0 Å². The van der Waals surface area contributed by atoms with Crippen molar-refractivity contribution < 1.29 is 4.74 Å². The third-order valence-electron chi connectivity index (χ3n) is 5.41. The standard InChI is InChI=1S/C23H21N9O/c1-32(15-7-9-16(33-2)10-8-15)14-5-3-13(4-6-14)20-18-19(26)17(11-24)21(27)30-22(18)31-23(29-20)28-12-25/h3-10,20H,1-2H3,(H6,26,27,28,29,30,31). The molecule has 0 bridgehead atoms. The number of hydrogen-bond donors (Lipinski definition) is 4. The van der Waals surface area contributed by atoms with Crippen LogP contribution in [0.25, 0.3) is 0 Å². The van der Waals surface area contributed by atoms with E-state index in [1.807, 2.05) is 72.7 Å². The van der Waals surface area contributed by atoms with Gasteiger partial charge in [-0.05, 0) is 42.0 Å². The van der Waals surface area contributed by atoms with E-state index in [0.717, 1.165) is 22.7 Å². The monoisotopic (exact) mass is 439 g/mol. The molecule has 0 saturated heterocycles. The molecular weight excluding hydrogens is 418 g/mol. The molecule has 0 radical (unpaired) electrons. The maximum absolute atomic E-state index is 9.46. The first-order valence-corrected chi connectivity index (χ1v) is 9.93. The summed E-state index contributed by atoms with van der Waals surface area (Å²) in [5.41, 5.74) is 15.8. The number of pyridine rings is 1. The quantitative estimate of drug-likeness (QED) is 0.354. The molecule has 0 saturated carbocycles. The van der Waals surface area contributed by atoms with Crippen LogP contribution in [-0.4, -0.2) is 25.1 Å². The zero-order valence-electron chi connectivity index (χ0n) is 18.0. The van der Waals surface area contributed by atoms with Gasteiger partial charge in [0.25, 0.3) is 0 Å². The first-order valence-electron chi connectivity index (χ1n) is 9.93. The van der Waals surface area contributed by atoms with E-state index in [-0.39, 0.29) is 23.0 Å². The van der Waals surface area contributed by atoms with Gasteiger partial charge in [-0.3, -0.25) is 5.32 Å². The number of nitrogens with two attached hydrogens (primary N) is 2. The second-order valence-electron chi connectivity index (χ2n) is 7.25. The van der Waals surface area contributed by atoms with Gasteiger partial charge in [0.1, 0.15) is 35.1 Å². The van der Waals surface area contributed by atoms with Gasteiger partial charge in [0.15, 0.2) is 6.19 Å². The highest BCUT2D eigenvalue weighted by Crippen LogP contribution is 2.41. The average Bonchev–Trinajstić information content (AvgIpc) is 2.83. The molecule has 10 heteroatoms. The van der Waals surface area contributed by atoms with Gasteiger partial charge in [0.2, 0.25) is 5.96 Å². The number of ether oxygens (including phenoxy) is 1. The minimum absolute atomic E-state index is 0.00896. The molecule has 4 rings (SSSR count). The molecule has 2 heterocycles. The van der Waals surface area contributed by atoms with Gasteiger partial charge >= 0.3 is 0 Å². The molecule has 3 aromatic rings. The number of benzene rings is 2. The lowest BCUT2D eigenvalue weighted by atomic mass is 9.95. The summed E-state index contributed by atoms with van der Waals surface area (Å²) < 4.78 is 5.22. The summed E-state index contributed by atoms with van der Waals surface area (Å²) >= 11 is 0. The number of nitrogens with one attached hydrogen (secondary N) is 2. The lowest BCUT2D eigenvalue weighted by Crippen LogP contribution is -2.32. The summed E-state index contributed by atoms with van der Waals surface area (Å²) in [7, 11) is 3.60. The van der Waals surface area contributed by atoms with E-state index in [0.29, 0.717) is 11.4 Å². The second kappa shape index (κ2) is 8.65. The van der Waals surface area contributed by atoms with Crippen molar-refractivity contribution in [2.75, 3.05) is 35.8 Å². The number of fused-ring (bicyclic) bond motifs is 1. The SMILES string of the molecule is COc1ccc(N(C)c2ccc(C3N=C(NC#N)Nc4nc(N)c(C#N)c(N)c43)cc2)cc1. The van der Waals surface area contributed by atoms with Crippen LogP contribution in [0.4, 0.5) is 28.7 Å². The van der Waals surface area contributed by atoms with Crippen molar-refractivity contribution in [2.24, 2.45) is 4.99 Å². The molecule has 1 unspecified atom stereocenters. The van der Waals surface area contributed by atoms with Crippen LogP contribution >= 0.6 is 0 Å². The van der Waals surface area contributed by atoms with Crippen LogP contribution in [0.2, 0.25) is 0 Å². The number of aliphatic imine (C=N–C) groups is 1. The van der Waals surface area contributed by atoms with Crippen molar-refractivity contribution in [3.63, 3.8) is 0 Å². The molecule has 10 nitrogen and oxygen atoms in total. The van der Waals surface area contributed by atoms with Crippen molar-refractivity contribution in [1.29, 1.82) is 10.5 Å². The Kier molecular flexibility index (Phi) is 5.58. The van der Waals surface area contributed by atoms with E-state index in [4.69, 9.17) is 21.5 Å². The number of methoxy groups -OCH3 is 1. The number of anilines is 5. The molecule has 0 aliphatic carbocycles. The van der Waals surface area contributed by atoms with Gasteiger partial charge in [-0.15, -0.1) is 0 Å². The Labute approximate surface area is 190 Å². The maximum Gasteiger partial charge on any atom is 0.211 e. The molecular formula is C23H21N9O. The Morgan fingerprint density at radius 1 is 1.06 bits per heavy atom. The molecule has 2 aromatic carbocycles. The van der Waals surface area contributed by atoms with Gasteiger partial charge in [-0.2, -0.15) is 10.5 Å². The van der Waals surface area contributed by atoms with Crippen LogP contribution in [0.15, 0.2) is 53.5 Å². The summed E-state index contributed by atoms with van der Waals surface area (Å²) in [6, 6.07) is 16.9. The minimum Gasteiger partial charge on any atom is -0.497 e. The summed E-state index contributed by atoms with van der Waals surface area (Å²) in [6.45, 7) is 0. The van der Waals surface area contributed by atoms with Crippen molar-refractivity contribution >= 4 is 34.7 Å². The van der Waals surface area contributed by atoms with Crippen LogP contribution in [0.1, 0.15) is 22.7 Å². The topological polar surface area (TPSA) is 161 Å². The van der Waals surface area contributed by atoms with Gasteiger partial charge in [-0.1, -0.05) is 12.1 Å². The lowest BCUT2D eigenvalue weighted by molar-refractivity contribution is 0.415. The zero-order chi connectivity index (χ0) is 23.5. The molecule has 0 fully saturated rings. The molecule has 1 aliphatic rings. The highest BCUT2D eigenvalue weighted by atomic mass is 16.5. The van der Waals surface area contributed by atoms with Crippen LogP contribution in [0, 0.1) is 22.8 Å². The van der Waals surface area contributed by atoms with E-state index in [1.54, 1.807) is 7.11 Å². The Balaban J connectivity index is 1.72. The molecule has 1 aliphatic heterocycles. The van der Waals surface area contributed by atoms with Crippen molar-refractivity contribution in [2.45, 2.75) is 6.04 Å². The summed E-state index contributed by atoms with van der Waals surface area (Å²) in [5.74, 6) is 1.36. The number of rotatable bonds is 4. The van der Waals surface area contributed by atoms with Crippen molar-refractivity contribution in [3.05, 3.63) is 65.2 Å². The number of aromatic nitrogens is 1. The third kappa shape index (κ3) is 3.89. The fourth-order valence-corrected chi connectivity index (χ4v) is 3.66. The molecule has 0 amide bonds. The largest absolute Gasteiger partial charge is 0.497 e. The molecule has 164 valence electrons. The number of nitrogen functional groups attached to an aromatic ring is 2. The molecule has 1 aromatic heterocycles. The average molecular weight is 439 g/mol. The number of nitriles is 2. The van der Waals surface area contributed by atoms with Gasteiger partial charge < -0.3 is 26.4 Å². The van der Waals surface area contributed by atoms with E-state index < -0.39 is 6.04 Å². The Bertz CT molecular complexity index is 1300. The van der Waals surface area contributed by atoms with Crippen molar-refractivity contribution in [1.82, 2.24) is 10.3 Å². The Hall–Kier alpha value is -4.96. The first kappa shape index (κ1) is 21.3. The number of hydrogen-bond acceptors (Lipinski definition) is 10. The van der Waals surface area contributed by atoms with Gasteiger partial charge in [-0.25, -0.2) is 9.98 Å². The normalized spacial score (nSPS) is 14.1. The van der Waals surface area contributed by atoms with E-state index in [9.17, 15) is 5.26 Å². The first-order chi connectivity index (χ1) is 16.0. The van der Waals surface area contributed by atoms with Crippen LogP contribution in [0.5, 0.6) is 5.75 Å². The van der Waals surface area contributed by atoms with Gasteiger partial charge in [0, 0.05) is 24.0 Å². The highest BCUT2D eigenvalue weighted by molar-refractivity contribution is 5.98. The predicted octanol–water partition coefficient (Wildman–Crippen LogP) is 2.84. The minimum atomic E-state index is -0.586. The van der Waals surface area contributed by atoms with Crippen LogP contribution < -0.4 is 31.7 Å². The summed E-state index contributed by atoms with van der Waals surface area (Å²) in [6.07, 6.45) is 1.84. The smallest absolute Gasteiger partial charge is 0.211 e. The third-order valence-corrected chi connectivity index (χ3v) is 5.41. The van der Waals surface area contributed by atoms with E-state index in [1.165, 1.54) is 0 Å². The second-order valence-corrected chi connectivity index (χ2v) is 7.25. The van der Waals surface area contributed by atoms with E-state index in [2.05, 4.69) is 20.6 Å². The van der Waals surface area contributed by atoms with Gasteiger partial charge in [0.05, 0.1) is 12.8 Å². The van der Waals surface area contributed by atoms with Crippen LogP contribution in [0.3, 0.4) is 0 Å². The molecule has 1 atom stereocenters. The Morgan fingerprint density at radius 2 is 1.70 bits per heavy atom. The van der Waals surface area contributed by atoms with Crippen molar-refractivity contribution in [3.8, 4) is 18.0 Å². The fourth-order valence-electron chi connectivity index (χ4n) is 3.66. The van der Waals surface area contributed by atoms with Crippen LogP contribution in [-0.2, 0) is 0 Å². The summed E-state index contributed by atoms with van der Waals surface area (Å²) in [5, 5.41) is 23.9. The summed E-state index contributed by atoms with van der Waals surface area (Å²) in [4.78, 5) is 10.9. The maximum atomic E-state index is 9.46. The number of guanidine groups is 1. The number of nitrogens with zero attached hydrogens (tertiary/aromatic N) is 5. The fraction of sp³-hybridized carbons (Fsp3) is 0.130. The zero-order valence-corrected chi connectivity index (χ0v) is 18.0. The molecule has 6 N–H and O–H groups in total. The Morgan fingerprint density at radius 3 is 2.27 bits per heavy atom.